The maximum Gasteiger partial charge on any atom is 0.326 e. The number of aromatic hydroxyl groups is 1. The van der Waals surface area contributed by atoms with Crippen LogP contribution in [0, 0.1) is 0 Å². The smallest absolute Gasteiger partial charge is 0.326 e. The molecule has 3 aromatic rings. The van der Waals surface area contributed by atoms with Crippen LogP contribution in [0.25, 0.3) is 0 Å². The Morgan fingerprint density at radius 1 is 0.547 bits per heavy atom. The number of carbonyl (C=O) groups excluding carboxylic acids is 6. The molecule has 6 amide bonds. The minimum Gasteiger partial charge on any atom is -0.508 e. The summed E-state index contributed by atoms with van der Waals surface area (Å²) in [6, 6.07) is 13.0. The molecule has 0 bridgehead atoms. The number of aliphatic hydroxyl groups excluding tert-OH is 1. The van der Waals surface area contributed by atoms with E-state index in [4.69, 9.17) is 17.2 Å². The molecule has 0 aliphatic rings. The van der Waals surface area contributed by atoms with E-state index in [0.29, 0.717) is 16.7 Å². The van der Waals surface area contributed by atoms with Gasteiger partial charge in [-0.25, -0.2) is 4.79 Å². The fraction of sp³-hybridized carbons (Fsp3) is 0.357. The lowest BCUT2D eigenvalue weighted by molar-refractivity contribution is -0.142. The SMILES string of the molecule is NCC(=O)N[C@@H](Cc1ccccc1)C(=O)N[C@@H](CC(=O)O)C(=O)N[C@@H](Cc1ccccc1)C(=O)N[C@@H](CO)C(=O)N[C@@H](CCCN=C(N)N)C(=O)N[C@@H](Cc1ccc(O)cc1)C(=O)O. The number of nitrogens with zero attached hydrogens (tertiary/aromatic N) is 1. The van der Waals surface area contributed by atoms with Gasteiger partial charge in [-0.15, -0.1) is 0 Å². The Kier molecular flexibility index (Phi) is 20.6. The van der Waals surface area contributed by atoms with Crippen molar-refractivity contribution in [1.29, 1.82) is 0 Å². The van der Waals surface area contributed by atoms with Gasteiger partial charge in [0.1, 0.15) is 42.0 Å². The summed E-state index contributed by atoms with van der Waals surface area (Å²) < 4.78 is 0. The number of aliphatic hydroxyl groups is 1. The molecular formula is C42H54N10O12. The zero-order valence-corrected chi connectivity index (χ0v) is 34.6. The summed E-state index contributed by atoms with van der Waals surface area (Å²) in [6.07, 6.45) is -1.47. The predicted molar refractivity (Wildman–Crippen MR) is 230 cm³/mol. The fourth-order valence-electron chi connectivity index (χ4n) is 6.15. The first-order valence-electron chi connectivity index (χ1n) is 20.0. The number of carbonyl (C=O) groups is 8. The predicted octanol–water partition coefficient (Wildman–Crippen LogP) is -3.11. The highest BCUT2D eigenvalue weighted by molar-refractivity contribution is 5.98. The number of phenols is 1. The molecule has 22 heteroatoms. The number of aliphatic carboxylic acids is 2. The van der Waals surface area contributed by atoms with Crippen LogP contribution >= 0.6 is 0 Å². The largest absolute Gasteiger partial charge is 0.508 e. The maximum atomic E-state index is 13.9. The molecular weight excluding hydrogens is 837 g/mol. The number of hydrogen-bond acceptors (Lipinski definition) is 12. The highest BCUT2D eigenvalue weighted by Crippen LogP contribution is 2.13. The van der Waals surface area contributed by atoms with Crippen LogP contribution in [-0.2, 0) is 57.6 Å². The second-order valence-corrected chi connectivity index (χ2v) is 14.4. The van der Waals surface area contributed by atoms with Crippen LogP contribution in [0.2, 0.25) is 0 Å². The lowest BCUT2D eigenvalue weighted by Crippen LogP contribution is -2.61. The van der Waals surface area contributed by atoms with Crippen molar-refractivity contribution in [3.8, 4) is 5.75 Å². The lowest BCUT2D eigenvalue weighted by atomic mass is 10.0. The van der Waals surface area contributed by atoms with Crippen molar-refractivity contribution in [3.05, 3.63) is 102 Å². The summed E-state index contributed by atoms with van der Waals surface area (Å²) in [5.74, 6) is -9.05. The average Bonchev–Trinajstić information content (AvgIpc) is 3.26. The molecule has 0 saturated carbocycles. The second kappa shape index (κ2) is 26.0. The third kappa shape index (κ3) is 17.8. The van der Waals surface area contributed by atoms with Crippen molar-refractivity contribution in [2.75, 3.05) is 19.7 Å². The van der Waals surface area contributed by atoms with Crippen molar-refractivity contribution >= 4 is 53.3 Å². The van der Waals surface area contributed by atoms with Gasteiger partial charge in [0.05, 0.1) is 19.6 Å². The normalized spacial score (nSPS) is 13.5. The number of amides is 6. The molecule has 344 valence electrons. The Labute approximate surface area is 367 Å². The summed E-state index contributed by atoms with van der Waals surface area (Å²) >= 11 is 0. The van der Waals surface area contributed by atoms with Gasteiger partial charge in [-0.1, -0.05) is 72.8 Å². The number of carboxylic acids is 2. The molecule has 16 N–H and O–H groups in total. The van der Waals surface area contributed by atoms with Crippen molar-refractivity contribution < 1.29 is 58.8 Å². The quantitative estimate of drug-likeness (QED) is 0.0216. The zero-order chi connectivity index (χ0) is 47.2. The van der Waals surface area contributed by atoms with Gasteiger partial charge in [0.15, 0.2) is 5.96 Å². The van der Waals surface area contributed by atoms with Crippen LogP contribution < -0.4 is 49.1 Å². The fourth-order valence-corrected chi connectivity index (χ4v) is 6.15. The Balaban J connectivity index is 1.84. The molecule has 0 fully saturated rings. The van der Waals surface area contributed by atoms with E-state index in [-0.39, 0.29) is 50.4 Å². The number of hydrogen-bond donors (Lipinski definition) is 13. The van der Waals surface area contributed by atoms with Crippen LogP contribution in [-0.4, -0.2) is 130 Å². The molecule has 0 unspecified atom stereocenters. The van der Waals surface area contributed by atoms with E-state index >= 15 is 0 Å². The van der Waals surface area contributed by atoms with Crippen LogP contribution in [0.5, 0.6) is 5.75 Å². The first-order valence-corrected chi connectivity index (χ1v) is 20.0. The number of guanidine groups is 1. The molecule has 0 aliphatic carbocycles. The number of rotatable bonds is 26. The third-order valence-corrected chi connectivity index (χ3v) is 9.43. The highest BCUT2D eigenvalue weighted by Gasteiger charge is 2.34. The molecule has 6 atom stereocenters. The van der Waals surface area contributed by atoms with Gasteiger partial charge in [0.2, 0.25) is 35.4 Å². The topological polar surface area (TPSA) is 380 Å². The van der Waals surface area contributed by atoms with Crippen LogP contribution in [0.3, 0.4) is 0 Å². The van der Waals surface area contributed by atoms with Crippen molar-refractivity contribution in [2.45, 2.75) is 74.8 Å². The molecule has 0 aliphatic heterocycles. The van der Waals surface area contributed by atoms with Gasteiger partial charge in [-0.05, 0) is 41.7 Å². The van der Waals surface area contributed by atoms with Crippen LogP contribution in [0.15, 0.2) is 89.9 Å². The molecule has 0 spiro atoms. The Bertz CT molecular complexity index is 2090. The van der Waals surface area contributed by atoms with Crippen molar-refractivity contribution in [1.82, 2.24) is 31.9 Å². The van der Waals surface area contributed by atoms with Gasteiger partial charge in [-0.2, -0.15) is 0 Å². The van der Waals surface area contributed by atoms with E-state index in [0.717, 1.165) is 0 Å². The Morgan fingerprint density at radius 2 is 0.969 bits per heavy atom. The summed E-state index contributed by atoms with van der Waals surface area (Å²) in [7, 11) is 0. The summed E-state index contributed by atoms with van der Waals surface area (Å²) in [4.78, 5) is 109. The minimum absolute atomic E-state index is 0.0121. The maximum absolute atomic E-state index is 13.9. The van der Waals surface area contributed by atoms with Gasteiger partial charge < -0.3 is 69.5 Å². The van der Waals surface area contributed by atoms with Gasteiger partial charge in [-0.3, -0.25) is 38.6 Å². The van der Waals surface area contributed by atoms with Crippen molar-refractivity contribution in [3.63, 3.8) is 0 Å². The summed E-state index contributed by atoms with van der Waals surface area (Å²) in [6.45, 7) is -1.49. The summed E-state index contributed by atoms with van der Waals surface area (Å²) in [5.41, 5.74) is 17.8. The van der Waals surface area contributed by atoms with Gasteiger partial charge in [0.25, 0.3) is 0 Å². The number of carboxylic acid groups (broad SMARTS) is 2. The first-order chi connectivity index (χ1) is 30.5. The molecule has 0 radical (unpaired) electrons. The molecule has 0 aromatic heterocycles. The van der Waals surface area contributed by atoms with Crippen LogP contribution in [0.1, 0.15) is 36.0 Å². The second-order valence-electron chi connectivity index (χ2n) is 14.4. The molecule has 3 rings (SSSR count). The zero-order valence-electron chi connectivity index (χ0n) is 34.6. The number of nitrogens with two attached hydrogens (primary N) is 3. The van der Waals surface area contributed by atoms with E-state index in [9.17, 15) is 58.8 Å². The molecule has 64 heavy (non-hydrogen) atoms. The molecule has 3 aromatic carbocycles. The highest BCUT2D eigenvalue weighted by atomic mass is 16.4. The number of nitrogens with one attached hydrogen (secondary N) is 6. The van der Waals surface area contributed by atoms with Gasteiger partial charge >= 0.3 is 11.9 Å². The lowest BCUT2D eigenvalue weighted by Gasteiger charge is -2.27. The minimum atomic E-state index is -1.79. The average molecular weight is 891 g/mol. The summed E-state index contributed by atoms with van der Waals surface area (Å²) in [5, 5.41) is 53.8. The van der Waals surface area contributed by atoms with E-state index in [2.05, 4.69) is 36.9 Å². The first kappa shape index (κ1) is 50.8. The van der Waals surface area contributed by atoms with Crippen molar-refractivity contribution in [2.24, 2.45) is 22.2 Å². The molecule has 0 saturated heterocycles. The molecule has 0 heterocycles. The van der Waals surface area contributed by atoms with E-state index in [1.807, 2.05) is 0 Å². The van der Waals surface area contributed by atoms with E-state index in [1.54, 1.807) is 60.7 Å². The Morgan fingerprint density at radius 3 is 1.47 bits per heavy atom. The monoisotopic (exact) mass is 890 g/mol. The molecule has 22 nitrogen and oxygen atoms in total. The standard InChI is InChI=1S/C42H54N10O12/c43-22-34(55)47-29(18-24-8-3-1-4-9-24)37(59)50-31(21-35(56)57)39(61)49-30(19-25-10-5-2-6-11-25)38(60)52-33(23-53)40(62)48-28(12-7-17-46-42(44)45)36(58)51-32(41(63)64)20-26-13-15-27(54)16-14-26/h1-6,8-11,13-16,28-33,53-54H,7,12,17-23,43H2,(H,47,55)(H,48,62)(H,49,61)(H,50,59)(H,51,58)(H,52,60)(H,56,57)(H,63,64)(H4,44,45,46)/t28-,29-,30-,31-,32-,33-/m0/s1. The third-order valence-electron chi connectivity index (χ3n) is 9.43. The number of aliphatic imine (C=N–C) groups is 1. The van der Waals surface area contributed by atoms with E-state index < -0.39 is 103 Å². The number of phenolic OH excluding ortho intramolecular Hbond substituents is 1. The number of benzene rings is 3. The Hall–Kier alpha value is -7.59. The van der Waals surface area contributed by atoms with E-state index in [1.165, 1.54) is 24.3 Å². The van der Waals surface area contributed by atoms with Gasteiger partial charge in [0, 0.05) is 25.8 Å². The van der Waals surface area contributed by atoms with Crippen LogP contribution in [0.4, 0.5) is 0 Å².